The first-order valence-electron chi connectivity index (χ1n) is 6.38. The number of rotatable bonds is 3. The van der Waals surface area contributed by atoms with Crippen LogP contribution in [0.15, 0.2) is 36.7 Å². The van der Waals surface area contributed by atoms with E-state index >= 15 is 0 Å². The summed E-state index contributed by atoms with van der Waals surface area (Å²) in [6.45, 7) is 3.53. The van der Waals surface area contributed by atoms with Gasteiger partial charge in [-0.25, -0.2) is 5.43 Å². The largest absolute Gasteiger partial charge is 0.416 e. The fraction of sp³-hybridized carbons (Fsp3) is 0.267. The molecule has 1 unspecified atom stereocenters. The highest BCUT2D eigenvalue weighted by Gasteiger charge is 2.31. The number of nitrogens with zero attached hydrogens (tertiary/aromatic N) is 1. The summed E-state index contributed by atoms with van der Waals surface area (Å²) in [4.78, 5) is 4.09. The maximum atomic E-state index is 12.7. The molecule has 1 heterocycles. The molecule has 6 heteroatoms. The van der Waals surface area contributed by atoms with Gasteiger partial charge in [0.05, 0.1) is 11.6 Å². The van der Waals surface area contributed by atoms with E-state index in [1.807, 2.05) is 13.0 Å². The van der Waals surface area contributed by atoms with Crippen molar-refractivity contribution >= 4 is 0 Å². The third-order valence-electron chi connectivity index (χ3n) is 3.30. The Kier molecular flexibility index (Phi) is 4.29. The molecule has 1 atom stereocenters. The summed E-state index contributed by atoms with van der Waals surface area (Å²) < 4.78 is 38.1. The Balaban J connectivity index is 2.44. The molecule has 0 aliphatic heterocycles. The quantitative estimate of drug-likeness (QED) is 0.675. The zero-order valence-electron chi connectivity index (χ0n) is 11.7. The molecule has 0 fully saturated rings. The number of pyridine rings is 1. The molecular formula is C15H16F3N3. The third kappa shape index (κ3) is 3.40. The summed E-state index contributed by atoms with van der Waals surface area (Å²) in [6, 6.07) is 5.14. The SMILES string of the molecule is Cc1cncc(C(NN)c2ccc(C(F)(F)F)cc2C)c1. The molecule has 2 rings (SSSR count). The number of halogens is 3. The molecule has 1 aromatic heterocycles. The van der Waals surface area contributed by atoms with Crippen LogP contribution in [0.25, 0.3) is 0 Å². The summed E-state index contributed by atoms with van der Waals surface area (Å²) in [5.74, 6) is 5.58. The molecular weight excluding hydrogens is 279 g/mol. The maximum Gasteiger partial charge on any atom is 0.416 e. The van der Waals surface area contributed by atoms with Crippen molar-refractivity contribution < 1.29 is 13.2 Å². The topological polar surface area (TPSA) is 50.9 Å². The van der Waals surface area contributed by atoms with Crippen molar-refractivity contribution in [3.05, 3.63) is 64.5 Å². The van der Waals surface area contributed by atoms with Crippen molar-refractivity contribution in [2.75, 3.05) is 0 Å². The molecule has 0 radical (unpaired) electrons. The first-order valence-corrected chi connectivity index (χ1v) is 6.38. The van der Waals surface area contributed by atoms with Gasteiger partial charge in [-0.3, -0.25) is 10.8 Å². The lowest BCUT2D eigenvalue weighted by molar-refractivity contribution is -0.137. The highest BCUT2D eigenvalue weighted by molar-refractivity contribution is 5.39. The second-order valence-corrected chi connectivity index (χ2v) is 4.96. The smallest absolute Gasteiger partial charge is 0.271 e. The summed E-state index contributed by atoms with van der Waals surface area (Å²) in [5.41, 5.74) is 4.95. The molecule has 0 aliphatic carbocycles. The molecule has 3 nitrogen and oxygen atoms in total. The Bertz CT molecular complexity index is 638. The zero-order valence-corrected chi connectivity index (χ0v) is 11.7. The van der Waals surface area contributed by atoms with E-state index in [0.717, 1.165) is 23.3 Å². The van der Waals surface area contributed by atoms with Crippen LogP contribution in [0.4, 0.5) is 13.2 Å². The number of alkyl halides is 3. The molecule has 0 saturated carbocycles. The summed E-state index contributed by atoms with van der Waals surface area (Å²) in [6.07, 6.45) is -0.995. The molecule has 2 aromatic rings. The highest BCUT2D eigenvalue weighted by Crippen LogP contribution is 2.32. The summed E-state index contributed by atoms with van der Waals surface area (Å²) >= 11 is 0. The van der Waals surface area contributed by atoms with E-state index in [9.17, 15) is 13.2 Å². The molecule has 1 aromatic carbocycles. The minimum Gasteiger partial charge on any atom is -0.271 e. The van der Waals surface area contributed by atoms with E-state index in [1.165, 1.54) is 6.07 Å². The number of aromatic nitrogens is 1. The van der Waals surface area contributed by atoms with E-state index in [-0.39, 0.29) is 0 Å². The number of hydrogen-bond acceptors (Lipinski definition) is 3. The highest BCUT2D eigenvalue weighted by atomic mass is 19.4. The van der Waals surface area contributed by atoms with Crippen molar-refractivity contribution in [3.63, 3.8) is 0 Å². The van der Waals surface area contributed by atoms with Crippen molar-refractivity contribution in [3.8, 4) is 0 Å². The Labute approximate surface area is 121 Å². The normalized spacial score (nSPS) is 13.2. The van der Waals surface area contributed by atoms with Crippen molar-refractivity contribution in [2.45, 2.75) is 26.1 Å². The summed E-state index contributed by atoms with van der Waals surface area (Å²) in [5, 5.41) is 0. The second-order valence-electron chi connectivity index (χ2n) is 4.96. The molecule has 0 aliphatic rings. The van der Waals surface area contributed by atoms with Crippen LogP contribution < -0.4 is 11.3 Å². The maximum absolute atomic E-state index is 12.7. The predicted octanol–water partition coefficient (Wildman–Crippen LogP) is 3.27. The van der Waals surface area contributed by atoms with Gasteiger partial charge < -0.3 is 0 Å². The number of nitrogens with two attached hydrogens (primary N) is 1. The van der Waals surface area contributed by atoms with Gasteiger partial charge in [-0.05, 0) is 48.2 Å². The Morgan fingerprint density at radius 1 is 1.14 bits per heavy atom. The minimum atomic E-state index is -4.35. The number of nitrogens with one attached hydrogen (secondary N) is 1. The number of benzene rings is 1. The number of hydrogen-bond donors (Lipinski definition) is 2. The van der Waals surface area contributed by atoms with Gasteiger partial charge in [-0.2, -0.15) is 13.2 Å². The van der Waals surface area contributed by atoms with Crippen LogP contribution in [-0.2, 0) is 6.18 Å². The van der Waals surface area contributed by atoms with Gasteiger partial charge in [0.2, 0.25) is 0 Å². The van der Waals surface area contributed by atoms with Gasteiger partial charge in [-0.1, -0.05) is 12.1 Å². The van der Waals surface area contributed by atoms with E-state index in [4.69, 9.17) is 5.84 Å². The lowest BCUT2D eigenvalue weighted by atomic mass is 9.94. The van der Waals surface area contributed by atoms with Crippen molar-refractivity contribution in [1.82, 2.24) is 10.4 Å². The van der Waals surface area contributed by atoms with Crippen LogP contribution >= 0.6 is 0 Å². The molecule has 0 spiro atoms. The van der Waals surface area contributed by atoms with Crippen molar-refractivity contribution in [2.24, 2.45) is 5.84 Å². The molecule has 0 saturated heterocycles. The predicted molar refractivity (Wildman–Crippen MR) is 74.3 cm³/mol. The fourth-order valence-electron chi connectivity index (χ4n) is 2.28. The molecule has 112 valence electrons. The van der Waals surface area contributed by atoms with Crippen LogP contribution in [0.5, 0.6) is 0 Å². The molecule has 0 amide bonds. The van der Waals surface area contributed by atoms with Gasteiger partial charge in [0.25, 0.3) is 0 Å². The lowest BCUT2D eigenvalue weighted by Gasteiger charge is -2.20. The Hall–Kier alpha value is -1.92. The third-order valence-corrected chi connectivity index (χ3v) is 3.30. The summed E-state index contributed by atoms with van der Waals surface area (Å²) in [7, 11) is 0. The van der Waals surface area contributed by atoms with Crippen LogP contribution in [0, 0.1) is 13.8 Å². The first kappa shape index (κ1) is 15.5. The van der Waals surface area contributed by atoms with Gasteiger partial charge in [0, 0.05) is 12.4 Å². The van der Waals surface area contributed by atoms with Crippen molar-refractivity contribution in [1.29, 1.82) is 0 Å². The number of aryl methyl sites for hydroxylation is 2. The van der Waals surface area contributed by atoms with Crippen LogP contribution in [-0.4, -0.2) is 4.98 Å². The molecule has 0 bridgehead atoms. The monoisotopic (exact) mass is 295 g/mol. The van der Waals surface area contributed by atoms with Crippen LogP contribution in [0.3, 0.4) is 0 Å². The Morgan fingerprint density at radius 3 is 2.38 bits per heavy atom. The number of hydrazine groups is 1. The lowest BCUT2D eigenvalue weighted by Crippen LogP contribution is -2.29. The van der Waals surface area contributed by atoms with Gasteiger partial charge >= 0.3 is 6.18 Å². The van der Waals surface area contributed by atoms with Gasteiger partial charge in [0.15, 0.2) is 0 Å². The second kappa shape index (κ2) is 5.83. The van der Waals surface area contributed by atoms with Gasteiger partial charge in [0.1, 0.15) is 0 Å². The molecule has 21 heavy (non-hydrogen) atoms. The standard InChI is InChI=1S/C15H16F3N3/c1-9-5-11(8-20-7-9)14(21-19)13-4-3-12(6-10(13)2)15(16,17)18/h3-8,14,21H,19H2,1-2H3. The van der Waals surface area contributed by atoms with E-state index in [2.05, 4.69) is 10.4 Å². The average Bonchev–Trinajstić information content (AvgIpc) is 2.40. The van der Waals surface area contributed by atoms with Crippen LogP contribution in [0.2, 0.25) is 0 Å². The Morgan fingerprint density at radius 2 is 1.86 bits per heavy atom. The van der Waals surface area contributed by atoms with E-state index < -0.39 is 17.8 Å². The minimum absolute atomic E-state index is 0.403. The average molecular weight is 295 g/mol. The molecule has 3 N–H and O–H groups in total. The fourth-order valence-corrected chi connectivity index (χ4v) is 2.28. The zero-order chi connectivity index (χ0) is 15.6. The van der Waals surface area contributed by atoms with Gasteiger partial charge in [-0.15, -0.1) is 0 Å². The van der Waals surface area contributed by atoms with E-state index in [0.29, 0.717) is 11.1 Å². The van der Waals surface area contributed by atoms with Crippen LogP contribution in [0.1, 0.15) is 33.9 Å². The first-order chi connectivity index (χ1) is 9.82. The van der Waals surface area contributed by atoms with E-state index in [1.54, 1.807) is 19.3 Å².